The van der Waals surface area contributed by atoms with Gasteiger partial charge in [-0.25, -0.2) is 0 Å². The molecule has 54 heavy (non-hydrogen) atoms. The lowest BCUT2D eigenvalue weighted by Gasteiger charge is -2.30. The molecule has 0 saturated carbocycles. The van der Waals surface area contributed by atoms with Crippen LogP contribution in [0.3, 0.4) is 0 Å². The number of benzene rings is 9. The van der Waals surface area contributed by atoms with Crippen molar-refractivity contribution in [3.05, 3.63) is 212 Å². The molecule has 254 valence electrons. The van der Waals surface area contributed by atoms with Crippen molar-refractivity contribution in [2.45, 2.75) is 0 Å². The molecule has 0 aliphatic carbocycles. The summed E-state index contributed by atoms with van der Waals surface area (Å²) < 4.78 is 2.58. The van der Waals surface area contributed by atoms with E-state index in [0.29, 0.717) is 0 Å². The Kier molecular flexibility index (Phi) is 8.09. The molecule has 0 spiro atoms. The second-order valence-corrected chi connectivity index (χ2v) is 14.8. The van der Waals surface area contributed by atoms with Gasteiger partial charge in [-0.3, -0.25) is 0 Å². The molecule has 0 radical (unpaired) electrons. The second-order valence-electron chi connectivity index (χ2n) is 13.7. The highest BCUT2D eigenvalue weighted by molar-refractivity contribution is 7.25. The second kappa shape index (κ2) is 13.7. The van der Waals surface area contributed by atoms with Gasteiger partial charge in [0.2, 0.25) is 0 Å². The molecular weight excluding hydrogens is 671 g/mol. The van der Waals surface area contributed by atoms with E-state index in [1.165, 1.54) is 75.5 Å². The monoisotopic (exact) mass is 705 g/mol. The Morgan fingerprint density at radius 3 is 1.74 bits per heavy atom. The number of fused-ring (bicyclic) bond motifs is 4. The molecular formula is C52H35NS. The molecule has 0 atom stereocenters. The van der Waals surface area contributed by atoms with Crippen LogP contribution in [0.5, 0.6) is 0 Å². The van der Waals surface area contributed by atoms with E-state index < -0.39 is 0 Å². The molecule has 1 heterocycles. The summed E-state index contributed by atoms with van der Waals surface area (Å²) in [4.78, 5) is 2.47. The molecule has 1 nitrogen and oxygen atoms in total. The fourth-order valence-corrected chi connectivity index (χ4v) is 9.05. The first-order chi connectivity index (χ1) is 26.8. The molecule has 0 bridgehead atoms. The normalized spacial score (nSPS) is 11.3. The summed E-state index contributed by atoms with van der Waals surface area (Å²) in [5, 5.41) is 5.08. The van der Waals surface area contributed by atoms with Crippen molar-refractivity contribution < 1.29 is 0 Å². The SMILES string of the molecule is c1ccc(-c2ccccc2-c2c(-c3ccccc3)cccc2N(c2cccc(-c3ccc4ccccc4c3)c2)c2ccc3c(c2)sc2ccccc23)cc1. The Labute approximate surface area is 319 Å². The van der Waals surface area contributed by atoms with Gasteiger partial charge in [0, 0.05) is 37.1 Å². The highest BCUT2D eigenvalue weighted by Gasteiger charge is 2.23. The summed E-state index contributed by atoms with van der Waals surface area (Å²) >= 11 is 1.86. The van der Waals surface area contributed by atoms with Crippen molar-refractivity contribution in [3.63, 3.8) is 0 Å². The zero-order chi connectivity index (χ0) is 35.8. The molecule has 0 unspecified atom stereocenters. The molecule has 2 heteroatoms. The van der Waals surface area contributed by atoms with Gasteiger partial charge in [0.25, 0.3) is 0 Å². The number of rotatable bonds is 7. The predicted molar refractivity (Wildman–Crippen MR) is 233 cm³/mol. The maximum Gasteiger partial charge on any atom is 0.0546 e. The third kappa shape index (κ3) is 5.74. The van der Waals surface area contributed by atoms with E-state index in [2.05, 4.69) is 217 Å². The molecule has 10 rings (SSSR count). The minimum atomic E-state index is 1.10. The van der Waals surface area contributed by atoms with E-state index >= 15 is 0 Å². The lowest BCUT2D eigenvalue weighted by molar-refractivity contribution is 1.29. The summed E-state index contributed by atoms with van der Waals surface area (Å²) in [6, 6.07) is 77.3. The zero-order valence-corrected chi connectivity index (χ0v) is 30.4. The van der Waals surface area contributed by atoms with Crippen LogP contribution >= 0.6 is 11.3 Å². The Morgan fingerprint density at radius 2 is 0.907 bits per heavy atom. The summed E-state index contributed by atoms with van der Waals surface area (Å²) in [7, 11) is 0. The maximum atomic E-state index is 2.47. The Morgan fingerprint density at radius 1 is 0.315 bits per heavy atom. The van der Waals surface area contributed by atoms with Gasteiger partial charge in [0.1, 0.15) is 0 Å². The number of hydrogen-bond acceptors (Lipinski definition) is 2. The molecule has 0 saturated heterocycles. The molecule has 0 amide bonds. The summed E-state index contributed by atoms with van der Waals surface area (Å²) in [5.41, 5.74) is 12.9. The highest BCUT2D eigenvalue weighted by atomic mass is 32.1. The first-order valence-corrected chi connectivity index (χ1v) is 19.2. The lowest BCUT2D eigenvalue weighted by atomic mass is 9.87. The van der Waals surface area contributed by atoms with Crippen molar-refractivity contribution >= 4 is 59.3 Å². The first kappa shape index (κ1) is 32.0. The van der Waals surface area contributed by atoms with Crippen LogP contribution in [0.15, 0.2) is 212 Å². The van der Waals surface area contributed by atoms with Crippen LogP contribution in [-0.4, -0.2) is 0 Å². The molecule has 9 aromatic carbocycles. The maximum absolute atomic E-state index is 2.47. The quantitative estimate of drug-likeness (QED) is 0.160. The molecule has 10 aromatic rings. The van der Waals surface area contributed by atoms with Gasteiger partial charge < -0.3 is 4.90 Å². The van der Waals surface area contributed by atoms with Crippen LogP contribution in [0.1, 0.15) is 0 Å². The average Bonchev–Trinajstić information content (AvgIpc) is 3.62. The summed E-state index contributed by atoms with van der Waals surface area (Å²) in [5.74, 6) is 0. The van der Waals surface area contributed by atoms with E-state index in [1.807, 2.05) is 11.3 Å². The van der Waals surface area contributed by atoms with E-state index in [9.17, 15) is 0 Å². The lowest BCUT2D eigenvalue weighted by Crippen LogP contribution is -2.12. The van der Waals surface area contributed by atoms with Gasteiger partial charge in [-0.1, -0.05) is 170 Å². The summed E-state index contributed by atoms with van der Waals surface area (Å²) in [6.45, 7) is 0. The van der Waals surface area contributed by atoms with Gasteiger partial charge in [0.15, 0.2) is 0 Å². The highest BCUT2D eigenvalue weighted by Crippen LogP contribution is 2.49. The van der Waals surface area contributed by atoms with Gasteiger partial charge in [0.05, 0.1) is 5.69 Å². The van der Waals surface area contributed by atoms with E-state index in [0.717, 1.165) is 17.1 Å². The van der Waals surface area contributed by atoms with E-state index in [1.54, 1.807) is 0 Å². The Bertz CT molecular complexity index is 2940. The van der Waals surface area contributed by atoms with Crippen molar-refractivity contribution in [1.29, 1.82) is 0 Å². The fourth-order valence-electron chi connectivity index (χ4n) is 7.91. The van der Waals surface area contributed by atoms with E-state index in [-0.39, 0.29) is 0 Å². The van der Waals surface area contributed by atoms with Crippen molar-refractivity contribution in [2.24, 2.45) is 0 Å². The molecule has 0 N–H and O–H groups in total. The van der Waals surface area contributed by atoms with Crippen LogP contribution in [-0.2, 0) is 0 Å². The smallest absolute Gasteiger partial charge is 0.0546 e. The number of nitrogens with zero attached hydrogens (tertiary/aromatic N) is 1. The van der Waals surface area contributed by atoms with E-state index in [4.69, 9.17) is 0 Å². The number of thiophene rings is 1. The van der Waals surface area contributed by atoms with Crippen LogP contribution in [0.2, 0.25) is 0 Å². The molecule has 1 aromatic heterocycles. The van der Waals surface area contributed by atoms with Crippen LogP contribution in [0.25, 0.3) is 75.5 Å². The molecule has 0 fully saturated rings. The zero-order valence-electron chi connectivity index (χ0n) is 29.6. The van der Waals surface area contributed by atoms with Gasteiger partial charge in [-0.2, -0.15) is 0 Å². The van der Waals surface area contributed by atoms with Crippen molar-refractivity contribution in [2.75, 3.05) is 4.90 Å². The van der Waals surface area contributed by atoms with Gasteiger partial charge >= 0.3 is 0 Å². The Balaban J connectivity index is 1.25. The third-order valence-corrected chi connectivity index (χ3v) is 11.6. The van der Waals surface area contributed by atoms with Crippen molar-refractivity contribution in [1.82, 2.24) is 0 Å². The largest absolute Gasteiger partial charge is 0.310 e. The van der Waals surface area contributed by atoms with Gasteiger partial charge in [-0.05, 0) is 92.2 Å². The minimum Gasteiger partial charge on any atom is -0.310 e. The molecule has 0 aliphatic rings. The number of anilines is 3. The topological polar surface area (TPSA) is 3.24 Å². The van der Waals surface area contributed by atoms with Gasteiger partial charge in [-0.15, -0.1) is 11.3 Å². The third-order valence-electron chi connectivity index (χ3n) is 10.5. The number of hydrogen-bond donors (Lipinski definition) is 0. The summed E-state index contributed by atoms with van der Waals surface area (Å²) in [6.07, 6.45) is 0. The Hall–Kier alpha value is -6.74. The van der Waals surface area contributed by atoms with Crippen LogP contribution in [0, 0.1) is 0 Å². The van der Waals surface area contributed by atoms with Crippen LogP contribution in [0.4, 0.5) is 17.1 Å². The average molecular weight is 706 g/mol. The molecule has 0 aliphatic heterocycles. The minimum absolute atomic E-state index is 1.10. The predicted octanol–water partition coefficient (Wildman–Crippen LogP) is 15.3. The van der Waals surface area contributed by atoms with Crippen molar-refractivity contribution in [3.8, 4) is 44.5 Å². The fraction of sp³-hybridized carbons (Fsp3) is 0. The van der Waals surface area contributed by atoms with Crippen LogP contribution < -0.4 is 4.90 Å². The standard InChI is InChI=1S/C52H35NS/c1-3-16-37(17-4-1)44-23-9-10-25-48(44)52-45(38-18-5-2-6-19-38)26-14-27-49(52)53(43-31-32-47-46-24-11-12-28-50(46)54-51(47)35-43)42-22-13-21-40(34-42)41-30-29-36-15-7-8-20-39(36)33-41/h1-35H. The first-order valence-electron chi connectivity index (χ1n) is 18.4.